The van der Waals surface area contributed by atoms with E-state index in [0.717, 1.165) is 0 Å². The second-order valence-corrected chi connectivity index (χ2v) is 6.41. The summed E-state index contributed by atoms with van der Waals surface area (Å²) in [5, 5.41) is 25.3. The lowest BCUT2D eigenvalue weighted by atomic mass is 10.5. The fourth-order valence-electron chi connectivity index (χ4n) is 1.46. The van der Waals surface area contributed by atoms with Gasteiger partial charge in [-0.25, -0.2) is 9.79 Å². The van der Waals surface area contributed by atoms with Gasteiger partial charge in [0.25, 0.3) is 0 Å². The van der Waals surface area contributed by atoms with Crippen LogP contribution in [0.15, 0.2) is 39.3 Å². The van der Waals surface area contributed by atoms with E-state index in [1.807, 2.05) is 0 Å². The van der Waals surface area contributed by atoms with E-state index in [1.165, 1.54) is 18.6 Å². The summed E-state index contributed by atoms with van der Waals surface area (Å²) in [5.74, 6) is -1.02. The molecule has 1 heterocycles. The quantitative estimate of drug-likeness (QED) is 0.441. The SMILES string of the molecule is C=CCS1(C(=O)O)C=C(N=NOC)N=C1CC(=O)O. The number of hydrogen-bond acceptors (Lipinski definition) is 6. The smallest absolute Gasteiger partial charge is 0.356 e. The first-order valence-electron chi connectivity index (χ1n) is 5.06. The number of aliphatic imine (C=N–C) groups is 1. The van der Waals surface area contributed by atoms with Crippen LogP contribution in [0.3, 0.4) is 0 Å². The van der Waals surface area contributed by atoms with Crippen LogP contribution in [0, 0.1) is 0 Å². The van der Waals surface area contributed by atoms with Gasteiger partial charge in [0.05, 0.1) is 11.5 Å². The summed E-state index contributed by atoms with van der Waals surface area (Å²) in [4.78, 5) is 30.6. The first-order valence-corrected chi connectivity index (χ1v) is 6.93. The summed E-state index contributed by atoms with van der Waals surface area (Å²) >= 11 is 0. The Labute approximate surface area is 110 Å². The van der Waals surface area contributed by atoms with E-state index in [1.54, 1.807) is 0 Å². The molecule has 1 aliphatic rings. The van der Waals surface area contributed by atoms with Crippen LogP contribution >= 0.6 is 10.0 Å². The molecule has 0 aromatic heterocycles. The van der Waals surface area contributed by atoms with Crippen molar-refractivity contribution in [2.75, 3.05) is 12.9 Å². The van der Waals surface area contributed by atoms with Gasteiger partial charge in [-0.1, -0.05) is 21.2 Å². The van der Waals surface area contributed by atoms with E-state index in [4.69, 9.17) is 5.11 Å². The third-order valence-corrected chi connectivity index (χ3v) is 5.26. The van der Waals surface area contributed by atoms with Crippen LogP contribution in [-0.4, -0.2) is 39.4 Å². The van der Waals surface area contributed by atoms with Gasteiger partial charge in [-0.2, -0.15) is 0 Å². The molecule has 0 radical (unpaired) electrons. The fraction of sp³-hybridized carbons (Fsp3) is 0.300. The molecule has 0 saturated heterocycles. The fourth-order valence-corrected chi connectivity index (χ4v) is 3.80. The minimum absolute atomic E-state index is 0.0392. The maximum absolute atomic E-state index is 11.5. The number of hydrogen-bond donors (Lipinski definition) is 2. The average Bonchev–Trinajstić information content (AvgIpc) is 2.66. The second kappa shape index (κ2) is 6.14. The Balaban J connectivity index is 3.22. The summed E-state index contributed by atoms with van der Waals surface area (Å²) in [6, 6.07) is 0. The summed E-state index contributed by atoms with van der Waals surface area (Å²) in [6.45, 7) is 3.50. The summed E-state index contributed by atoms with van der Waals surface area (Å²) in [7, 11) is -1.27. The Hall–Kier alpha value is -2.16. The van der Waals surface area contributed by atoms with Gasteiger partial charge in [0.1, 0.15) is 7.11 Å². The first kappa shape index (κ1) is 14.9. The summed E-state index contributed by atoms with van der Waals surface area (Å²) < 4.78 is 0. The predicted octanol–water partition coefficient (Wildman–Crippen LogP) is 2.35. The van der Waals surface area contributed by atoms with Crippen molar-refractivity contribution in [1.29, 1.82) is 0 Å². The highest BCUT2D eigenvalue weighted by Crippen LogP contribution is 2.57. The first-order chi connectivity index (χ1) is 8.96. The Morgan fingerprint density at radius 1 is 1.58 bits per heavy atom. The Kier molecular flexibility index (Phi) is 4.81. The van der Waals surface area contributed by atoms with Crippen molar-refractivity contribution in [2.45, 2.75) is 6.42 Å². The molecule has 0 amide bonds. The monoisotopic (exact) mass is 287 g/mol. The molecule has 0 bridgehead atoms. The van der Waals surface area contributed by atoms with Crippen molar-refractivity contribution >= 4 is 26.3 Å². The maximum atomic E-state index is 11.5. The van der Waals surface area contributed by atoms with Gasteiger partial charge in [0.15, 0.2) is 5.82 Å². The second-order valence-electron chi connectivity index (χ2n) is 3.43. The molecule has 1 rings (SSSR count). The van der Waals surface area contributed by atoms with Crippen molar-refractivity contribution in [1.82, 2.24) is 0 Å². The molecule has 104 valence electrons. The lowest BCUT2D eigenvalue weighted by molar-refractivity contribution is -0.135. The highest BCUT2D eigenvalue weighted by atomic mass is 32.3. The van der Waals surface area contributed by atoms with E-state index >= 15 is 0 Å². The van der Waals surface area contributed by atoms with Crippen molar-refractivity contribution in [3.8, 4) is 0 Å². The van der Waals surface area contributed by atoms with E-state index in [0.29, 0.717) is 0 Å². The topological polar surface area (TPSA) is 121 Å². The minimum atomic E-state index is -2.55. The van der Waals surface area contributed by atoms with Crippen molar-refractivity contribution in [3.63, 3.8) is 0 Å². The molecule has 0 fully saturated rings. The molecule has 19 heavy (non-hydrogen) atoms. The molecular weight excluding hydrogens is 274 g/mol. The number of carbonyl (C=O) groups is 2. The zero-order valence-electron chi connectivity index (χ0n) is 10.1. The van der Waals surface area contributed by atoms with Crippen LogP contribution in [-0.2, 0) is 9.63 Å². The van der Waals surface area contributed by atoms with Gasteiger partial charge >= 0.3 is 11.3 Å². The molecule has 9 heteroatoms. The lowest BCUT2D eigenvalue weighted by Gasteiger charge is -2.27. The molecule has 0 saturated carbocycles. The number of aliphatic carboxylic acids is 1. The molecule has 0 aromatic rings. The van der Waals surface area contributed by atoms with Gasteiger partial charge in [0.2, 0.25) is 0 Å². The maximum Gasteiger partial charge on any atom is 0.356 e. The number of nitrogens with zero attached hydrogens (tertiary/aromatic N) is 3. The van der Waals surface area contributed by atoms with Gasteiger partial charge in [-0.3, -0.25) is 4.79 Å². The lowest BCUT2D eigenvalue weighted by Crippen LogP contribution is -2.20. The van der Waals surface area contributed by atoms with Gasteiger partial charge in [-0.15, -0.1) is 6.58 Å². The van der Waals surface area contributed by atoms with E-state index in [-0.39, 0.29) is 16.6 Å². The molecule has 0 spiro atoms. The summed E-state index contributed by atoms with van der Waals surface area (Å²) in [6.07, 6.45) is 0.964. The Bertz CT molecular complexity index is 499. The highest BCUT2D eigenvalue weighted by molar-refractivity contribution is 8.57. The van der Waals surface area contributed by atoms with Gasteiger partial charge < -0.3 is 15.1 Å². The van der Waals surface area contributed by atoms with Crippen LogP contribution < -0.4 is 0 Å². The molecular formula is C10H13N3O5S. The third kappa shape index (κ3) is 3.19. The van der Waals surface area contributed by atoms with Crippen LogP contribution in [0.1, 0.15) is 6.42 Å². The van der Waals surface area contributed by atoms with Crippen LogP contribution in [0.4, 0.5) is 4.79 Å². The van der Waals surface area contributed by atoms with E-state index in [2.05, 4.69) is 26.8 Å². The van der Waals surface area contributed by atoms with Crippen molar-refractivity contribution < 1.29 is 24.6 Å². The van der Waals surface area contributed by atoms with E-state index in [9.17, 15) is 14.7 Å². The molecule has 2 N–H and O–H groups in total. The molecule has 8 nitrogen and oxygen atoms in total. The van der Waals surface area contributed by atoms with Crippen molar-refractivity contribution in [3.05, 3.63) is 23.9 Å². The van der Waals surface area contributed by atoms with Crippen LogP contribution in [0.25, 0.3) is 0 Å². The highest BCUT2D eigenvalue weighted by Gasteiger charge is 2.40. The molecule has 0 aliphatic carbocycles. The third-order valence-electron chi connectivity index (χ3n) is 2.19. The van der Waals surface area contributed by atoms with E-state index < -0.39 is 27.7 Å². The number of carboxylic acids is 1. The number of rotatable bonds is 6. The minimum Gasteiger partial charge on any atom is -0.481 e. The largest absolute Gasteiger partial charge is 0.481 e. The van der Waals surface area contributed by atoms with Crippen LogP contribution in [0.2, 0.25) is 0 Å². The standard InChI is InChI=1S/C10H13N3O5S/c1-3-4-19(10(16)17)6-7(12-13-18-2)11-8(19)5-9(14)15/h3,6H,1,4-5H2,2H3,(H,14,15)(H,16,17). The predicted molar refractivity (Wildman–Crippen MR) is 70.3 cm³/mol. The Morgan fingerprint density at radius 2 is 2.26 bits per heavy atom. The number of carboxylic acid groups (broad SMARTS) is 2. The zero-order chi connectivity index (χ0) is 14.5. The molecule has 1 unspecified atom stereocenters. The normalized spacial score (nSPS) is 25.3. The van der Waals surface area contributed by atoms with Gasteiger partial charge in [-0.05, 0) is 0 Å². The van der Waals surface area contributed by atoms with Crippen LogP contribution in [0.5, 0.6) is 0 Å². The van der Waals surface area contributed by atoms with Crippen molar-refractivity contribution in [2.24, 2.45) is 15.4 Å². The molecule has 0 aromatic carbocycles. The Morgan fingerprint density at radius 3 is 2.74 bits per heavy atom. The molecule has 1 atom stereocenters. The zero-order valence-corrected chi connectivity index (χ0v) is 11.0. The van der Waals surface area contributed by atoms with Gasteiger partial charge in [0, 0.05) is 16.4 Å². The summed E-state index contributed by atoms with van der Waals surface area (Å²) in [5.41, 5.74) is 0. The molecule has 1 aliphatic heterocycles. The average molecular weight is 287 g/mol.